The summed E-state index contributed by atoms with van der Waals surface area (Å²) in [6.07, 6.45) is 0.878. The van der Waals surface area contributed by atoms with Crippen molar-refractivity contribution < 1.29 is 4.79 Å². The summed E-state index contributed by atoms with van der Waals surface area (Å²) >= 11 is 9.13. The summed E-state index contributed by atoms with van der Waals surface area (Å²) < 4.78 is 1.85. The maximum absolute atomic E-state index is 12.6. The molecule has 4 rings (SSSR count). The van der Waals surface area contributed by atoms with Crippen molar-refractivity contribution in [1.82, 2.24) is 9.88 Å². The second-order valence-electron chi connectivity index (χ2n) is 4.96. The molecule has 1 aliphatic heterocycles. The van der Waals surface area contributed by atoms with Gasteiger partial charge < -0.3 is 4.90 Å². The van der Waals surface area contributed by atoms with E-state index in [-0.39, 0.29) is 5.91 Å². The lowest BCUT2D eigenvalue weighted by Gasteiger charge is -2.25. The topological polar surface area (TPSA) is 33.2 Å². The van der Waals surface area contributed by atoms with Crippen LogP contribution in [0.5, 0.6) is 0 Å². The van der Waals surface area contributed by atoms with Crippen molar-refractivity contribution >= 4 is 50.4 Å². The Hall–Kier alpha value is -1.43. The number of nitrogens with zero attached hydrogens (tertiary/aromatic N) is 2. The molecule has 0 bridgehead atoms. The number of hydrogen-bond acceptors (Lipinski definition) is 4. The van der Waals surface area contributed by atoms with Gasteiger partial charge in [-0.15, -0.1) is 22.7 Å². The molecule has 0 radical (unpaired) electrons. The Balaban J connectivity index is 1.63. The molecule has 21 heavy (non-hydrogen) atoms. The average molecular weight is 335 g/mol. The minimum atomic E-state index is 0.0178. The molecule has 0 saturated carbocycles. The molecule has 3 heterocycles. The molecule has 0 N–H and O–H groups in total. The van der Waals surface area contributed by atoms with Crippen LogP contribution in [0, 0.1) is 0 Å². The fraction of sp³-hybridized carbons (Fsp3) is 0.200. The molecule has 3 aromatic rings. The number of hydrogen-bond donors (Lipinski definition) is 0. The molecule has 0 fully saturated rings. The molecule has 0 aliphatic carbocycles. The standard InChI is InChI=1S/C15H11ClN2OS2/c16-13-7-9-8-18(6-5-11(9)20-13)15(19)14-17-10-3-1-2-4-12(10)21-14/h1-4,7H,5-6,8H2. The number of aromatic nitrogens is 1. The zero-order valence-corrected chi connectivity index (χ0v) is 13.4. The summed E-state index contributed by atoms with van der Waals surface area (Å²) in [5.41, 5.74) is 2.06. The van der Waals surface area contributed by atoms with Crippen LogP contribution >= 0.6 is 34.3 Å². The van der Waals surface area contributed by atoms with Gasteiger partial charge in [0.15, 0.2) is 5.01 Å². The minimum absolute atomic E-state index is 0.0178. The van der Waals surface area contributed by atoms with Crippen LogP contribution in [0.2, 0.25) is 4.34 Å². The van der Waals surface area contributed by atoms with Gasteiger partial charge >= 0.3 is 0 Å². The van der Waals surface area contributed by atoms with E-state index in [1.54, 1.807) is 11.3 Å². The minimum Gasteiger partial charge on any atom is -0.332 e. The lowest BCUT2D eigenvalue weighted by molar-refractivity contribution is 0.0735. The van der Waals surface area contributed by atoms with E-state index in [0.717, 1.165) is 27.5 Å². The number of carbonyl (C=O) groups excluding carboxylic acids is 1. The normalized spacial score (nSPS) is 14.4. The first-order valence-electron chi connectivity index (χ1n) is 6.62. The summed E-state index contributed by atoms with van der Waals surface area (Å²) in [5, 5.41) is 0.570. The number of fused-ring (bicyclic) bond motifs is 2. The number of halogens is 1. The van der Waals surface area contributed by atoms with Gasteiger partial charge in [0.2, 0.25) is 0 Å². The van der Waals surface area contributed by atoms with E-state index in [1.165, 1.54) is 21.8 Å². The number of para-hydroxylation sites is 1. The van der Waals surface area contributed by atoms with Crippen LogP contribution in [0.4, 0.5) is 0 Å². The van der Waals surface area contributed by atoms with Crippen molar-refractivity contribution in [3.05, 3.63) is 50.1 Å². The number of thiazole rings is 1. The number of rotatable bonds is 1. The Morgan fingerprint density at radius 1 is 1.29 bits per heavy atom. The van der Waals surface area contributed by atoms with E-state index in [2.05, 4.69) is 4.98 Å². The Bertz CT molecular complexity index is 806. The fourth-order valence-electron chi connectivity index (χ4n) is 2.57. The summed E-state index contributed by atoms with van der Waals surface area (Å²) in [5.74, 6) is 0.0178. The smallest absolute Gasteiger partial charge is 0.283 e. The van der Waals surface area contributed by atoms with Crippen LogP contribution in [-0.4, -0.2) is 22.3 Å². The maximum atomic E-state index is 12.6. The predicted octanol–water partition coefficient (Wildman–Crippen LogP) is 4.21. The lowest BCUT2D eigenvalue weighted by atomic mass is 10.1. The summed E-state index contributed by atoms with van der Waals surface area (Å²) in [7, 11) is 0. The molecule has 6 heteroatoms. The third kappa shape index (κ3) is 2.35. The van der Waals surface area contributed by atoms with Crippen LogP contribution < -0.4 is 0 Å². The van der Waals surface area contributed by atoms with Crippen LogP contribution in [0.15, 0.2) is 30.3 Å². The monoisotopic (exact) mass is 334 g/mol. The third-order valence-corrected chi connectivity index (χ3v) is 5.99. The van der Waals surface area contributed by atoms with Gasteiger partial charge in [0.05, 0.1) is 14.6 Å². The van der Waals surface area contributed by atoms with Gasteiger partial charge in [0.1, 0.15) is 0 Å². The fourth-order valence-corrected chi connectivity index (χ4v) is 4.80. The third-order valence-electron chi connectivity index (χ3n) is 3.60. The van der Waals surface area contributed by atoms with Gasteiger partial charge in [-0.3, -0.25) is 4.79 Å². The quantitative estimate of drug-likeness (QED) is 0.668. The van der Waals surface area contributed by atoms with Gasteiger partial charge in [0, 0.05) is 18.0 Å². The summed E-state index contributed by atoms with van der Waals surface area (Å²) in [6, 6.07) is 9.82. The Labute approximate surface area is 134 Å². The second-order valence-corrected chi connectivity index (χ2v) is 7.76. The van der Waals surface area contributed by atoms with Crippen molar-refractivity contribution in [2.75, 3.05) is 6.54 Å². The van der Waals surface area contributed by atoms with E-state index in [1.807, 2.05) is 35.2 Å². The predicted molar refractivity (Wildman–Crippen MR) is 87.4 cm³/mol. The Morgan fingerprint density at radius 3 is 3.00 bits per heavy atom. The highest BCUT2D eigenvalue weighted by molar-refractivity contribution is 7.20. The van der Waals surface area contributed by atoms with Crippen LogP contribution in [0.1, 0.15) is 20.2 Å². The molecule has 106 valence electrons. The number of carbonyl (C=O) groups is 1. The van der Waals surface area contributed by atoms with Crippen LogP contribution in [-0.2, 0) is 13.0 Å². The van der Waals surface area contributed by atoms with E-state index in [9.17, 15) is 4.79 Å². The maximum Gasteiger partial charge on any atom is 0.283 e. The highest BCUT2D eigenvalue weighted by atomic mass is 35.5. The van der Waals surface area contributed by atoms with Gasteiger partial charge in [-0.05, 0) is 30.2 Å². The molecule has 0 atom stereocenters. The highest BCUT2D eigenvalue weighted by Gasteiger charge is 2.25. The van der Waals surface area contributed by atoms with Gasteiger partial charge in [-0.2, -0.15) is 0 Å². The molecule has 1 aliphatic rings. The van der Waals surface area contributed by atoms with E-state index >= 15 is 0 Å². The first-order valence-corrected chi connectivity index (χ1v) is 8.64. The zero-order valence-electron chi connectivity index (χ0n) is 11.0. The zero-order chi connectivity index (χ0) is 14.4. The molecule has 1 aromatic carbocycles. The molecule has 2 aromatic heterocycles. The van der Waals surface area contributed by atoms with Gasteiger partial charge in [-0.1, -0.05) is 23.7 Å². The van der Waals surface area contributed by atoms with Crippen molar-refractivity contribution in [1.29, 1.82) is 0 Å². The summed E-state index contributed by atoms with van der Waals surface area (Å²) in [6.45, 7) is 1.37. The molecule has 0 spiro atoms. The van der Waals surface area contributed by atoms with E-state index in [4.69, 9.17) is 11.6 Å². The van der Waals surface area contributed by atoms with Gasteiger partial charge in [-0.25, -0.2) is 4.98 Å². The molecule has 1 amide bonds. The number of thiophene rings is 1. The Kier molecular flexibility index (Phi) is 3.21. The summed E-state index contributed by atoms with van der Waals surface area (Å²) in [4.78, 5) is 20.2. The molecule has 0 saturated heterocycles. The first-order chi connectivity index (χ1) is 10.2. The van der Waals surface area contributed by atoms with Crippen molar-refractivity contribution in [3.8, 4) is 0 Å². The first kappa shape index (κ1) is 13.2. The number of benzene rings is 1. The highest BCUT2D eigenvalue weighted by Crippen LogP contribution is 2.32. The second kappa shape index (κ2) is 5.09. The van der Waals surface area contributed by atoms with E-state index in [0.29, 0.717) is 11.6 Å². The molecule has 3 nitrogen and oxygen atoms in total. The lowest BCUT2D eigenvalue weighted by Crippen LogP contribution is -2.35. The van der Waals surface area contributed by atoms with Crippen molar-refractivity contribution in [2.24, 2.45) is 0 Å². The SMILES string of the molecule is O=C(c1nc2ccccc2s1)N1CCc2sc(Cl)cc2C1. The molecule has 0 unspecified atom stereocenters. The molecular formula is C15H11ClN2OS2. The average Bonchev–Trinajstić information content (AvgIpc) is 3.07. The largest absolute Gasteiger partial charge is 0.332 e. The van der Waals surface area contributed by atoms with Gasteiger partial charge in [0.25, 0.3) is 5.91 Å². The van der Waals surface area contributed by atoms with Crippen molar-refractivity contribution in [2.45, 2.75) is 13.0 Å². The van der Waals surface area contributed by atoms with E-state index < -0.39 is 0 Å². The molecular weight excluding hydrogens is 324 g/mol. The Morgan fingerprint density at radius 2 is 2.14 bits per heavy atom. The van der Waals surface area contributed by atoms with Crippen LogP contribution in [0.3, 0.4) is 0 Å². The van der Waals surface area contributed by atoms with Crippen LogP contribution in [0.25, 0.3) is 10.2 Å². The number of amides is 1. The van der Waals surface area contributed by atoms with Crippen molar-refractivity contribution in [3.63, 3.8) is 0 Å².